The van der Waals surface area contributed by atoms with E-state index in [1.54, 1.807) is 6.92 Å². The first-order valence-corrected chi connectivity index (χ1v) is 5.75. The van der Waals surface area contributed by atoms with Crippen molar-refractivity contribution in [1.82, 2.24) is 14.6 Å². The summed E-state index contributed by atoms with van der Waals surface area (Å²) in [5, 5.41) is 3.93. The van der Waals surface area contributed by atoms with Gasteiger partial charge >= 0.3 is 11.9 Å². The van der Waals surface area contributed by atoms with Crippen molar-refractivity contribution in [1.29, 1.82) is 0 Å². The zero-order valence-corrected chi connectivity index (χ0v) is 11.0. The zero-order valence-electron chi connectivity index (χ0n) is 10.2. The first kappa shape index (κ1) is 13.3. The van der Waals surface area contributed by atoms with Gasteiger partial charge in [-0.3, -0.25) is 0 Å². The highest BCUT2D eigenvalue weighted by Gasteiger charge is 2.20. The molecule has 0 aromatic carbocycles. The Morgan fingerprint density at radius 2 is 2.05 bits per heavy atom. The zero-order chi connectivity index (χ0) is 14.0. The summed E-state index contributed by atoms with van der Waals surface area (Å²) in [6.45, 7) is 1.93. The SMILES string of the molecule is CCOC(=O)c1cnn2c(Cl)c(C(=O)OC)cnc12. The van der Waals surface area contributed by atoms with E-state index in [0.29, 0.717) is 0 Å². The highest BCUT2D eigenvalue weighted by Crippen LogP contribution is 2.19. The number of hydrogen-bond donors (Lipinski definition) is 0. The molecule has 0 spiro atoms. The van der Waals surface area contributed by atoms with E-state index in [9.17, 15) is 9.59 Å². The molecular weight excluding hydrogens is 274 g/mol. The molecule has 0 aliphatic heterocycles. The average Bonchev–Trinajstić information content (AvgIpc) is 2.83. The average molecular weight is 284 g/mol. The van der Waals surface area contributed by atoms with Gasteiger partial charge in [0.15, 0.2) is 5.65 Å². The van der Waals surface area contributed by atoms with Gasteiger partial charge < -0.3 is 9.47 Å². The van der Waals surface area contributed by atoms with Gasteiger partial charge in [-0.1, -0.05) is 11.6 Å². The number of halogens is 1. The van der Waals surface area contributed by atoms with E-state index < -0.39 is 11.9 Å². The first-order valence-electron chi connectivity index (χ1n) is 5.37. The summed E-state index contributed by atoms with van der Waals surface area (Å²) >= 11 is 6.02. The largest absolute Gasteiger partial charge is 0.465 e. The Hall–Kier alpha value is -2.15. The molecule has 0 unspecified atom stereocenters. The maximum atomic E-state index is 11.7. The van der Waals surface area contributed by atoms with Crippen molar-refractivity contribution in [3.63, 3.8) is 0 Å². The van der Waals surface area contributed by atoms with Crippen molar-refractivity contribution in [3.05, 3.63) is 28.7 Å². The highest BCUT2D eigenvalue weighted by atomic mass is 35.5. The molecule has 100 valence electrons. The normalized spacial score (nSPS) is 10.5. The van der Waals surface area contributed by atoms with Crippen LogP contribution in [0.25, 0.3) is 5.65 Å². The molecule has 2 aromatic heterocycles. The molecule has 8 heteroatoms. The van der Waals surface area contributed by atoms with E-state index in [4.69, 9.17) is 16.3 Å². The quantitative estimate of drug-likeness (QED) is 0.624. The van der Waals surface area contributed by atoms with Gasteiger partial charge in [-0.05, 0) is 6.92 Å². The molecule has 0 atom stereocenters. The second-order valence-corrected chi connectivity index (χ2v) is 3.83. The lowest BCUT2D eigenvalue weighted by Crippen LogP contribution is -2.08. The maximum absolute atomic E-state index is 11.7. The second-order valence-electron chi connectivity index (χ2n) is 3.47. The number of fused-ring (bicyclic) bond motifs is 1. The fraction of sp³-hybridized carbons (Fsp3) is 0.273. The van der Waals surface area contributed by atoms with Gasteiger partial charge in [0.2, 0.25) is 0 Å². The number of methoxy groups -OCH3 is 1. The van der Waals surface area contributed by atoms with Crippen LogP contribution in [0.1, 0.15) is 27.6 Å². The van der Waals surface area contributed by atoms with E-state index in [0.717, 1.165) is 0 Å². The number of aromatic nitrogens is 3. The molecule has 7 nitrogen and oxygen atoms in total. The molecule has 0 fully saturated rings. The number of carbonyl (C=O) groups excluding carboxylic acids is 2. The molecular formula is C11H10ClN3O4. The third-order valence-electron chi connectivity index (χ3n) is 2.37. The van der Waals surface area contributed by atoms with Crippen molar-refractivity contribution in [3.8, 4) is 0 Å². The number of carbonyl (C=O) groups is 2. The van der Waals surface area contributed by atoms with E-state index in [1.165, 1.54) is 24.0 Å². The summed E-state index contributed by atoms with van der Waals surface area (Å²) in [5.74, 6) is -1.18. The Labute approximate surface area is 113 Å². The van der Waals surface area contributed by atoms with Gasteiger partial charge in [0.05, 0.1) is 19.9 Å². The van der Waals surface area contributed by atoms with Crippen LogP contribution in [0.5, 0.6) is 0 Å². The molecule has 0 amide bonds. The van der Waals surface area contributed by atoms with Crippen LogP contribution in [0.3, 0.4) is 0 Å². The highest BCUT2D eigenvalue weighted by molar-refractivity contribution is 6.32. The van der Waals surface area contributed by atoms with Crippen LogP contribution in [0.15, 0.2) is 12.4 Å². The first-order chi connectivity index (χ1) is 9.10. The molecule has 0 aliphatic rings. The monoisotopic (exact) mass is 283 g/mol. The third kappa shape index (κ3) is 2.24. The van der Waals surface area contributed by atoms with Crippen molar-refractivity contribution < 1.29 is 19.1 Å². The Balaban J connectivity index is 2.55. The van der Waals surface area contributed by atoms with Gasteiger partial charge in [-0.2, -0.15) is 5.10 Å². The standard InChI is InChI=1S/C11H10ClN3O4/c1-3-19-11(17)7-5-14-15-8(12)6(10(16)18-2)4-13-9(7)15/h4-5H,3H2,1-2H3. The Morgan fingerprint density at radius 1 is 1.32 bits per heavy atom. The third-order valence-corrected chi connectivity index (χ3v) is 2.73. The van der Waals surface area contributed by atoms with Gasteiger partial charge in [0, 0.05) is 6.20 Å². The van der Waals surface area contributed by atoms with Crippen LogP contribution in [0.2, 0.25) is 5.15 Å². The summed E-state index contributed by atoms with van der Waals surface area (Å²) in [5.41, 5.74) is 0.464. The number of rotatable bonds is 3. The minimum absolute atomic E-state index is 0.0207. The topological polar surface area (TPSA) is 82.8 Å². The lowest BCUT2D eigenvalue weighted by molar-refractivity contribution is 0.0527. The second kappa shape index (κ2) is 5.23. The van der Waals surface area contributed by atoms with Crippen LogP contribution < -0.4 is 0 Å². The number of hydrogen-bond acceptors (Lipinski definition) is 6. The molecule has 2 rings (SSSR count). The predicted octanol–water partition coefficient (Wildman–Crippen LogP) is 1.35. The molecule has 0 saturated carbocycles. The maximum Gasteiger partial charge on any atom is 0.343 e. The molecule has 0 N–H and O–H groups in total. The van der Waals surface area contributed by atoms with Crippen LogP contribution >= 0.6 is 11.6 Å². The van der Waals surface area contributed by atoms with Gasteiger partial charge in [-0.25, -0.2) is 19.1 Å². The molecule has 0 radical (unpaired) electrons. The fourth-order valence-corrected chi connectivity index (χ4v) is 1.75. The molecule has 2 aromatic rings. The molecule has 0 bridgehead atoms. The summed E-state index contributed by atoms with van der Waals surface area (Å²) in [4.78, 5) is 27.1. The minimum atomic E-state index is -0.632. The van der Waals surface area contributed by atoms with E-state index >= 15 is 0 Å². The minimum Gasteiger partial charge on any atom is -0.465 e. The predicted molar refractivity (Wildman–Crippen MR) is 65.3 cm³/mol. The molecule has 19 heavy (non-hydrogen) atoms. The van der Waals surface area contributed by atoms with Crippen molar-refractivity contribution in [2.75, 3.05) is 13.7 Å². The molecule has 0 saturated heterocycles. The molecule has 2 heterocycles. The number of nitrogens with zero attached hydrogens (tertiary/aromatic N) is 3. The van der Waals surface area contributed by atoms with Gasteiger partial charge in [-0.15, -0.1) is 0 Å². The Morgan fingerprint density at radius 3 is 2.68 bits per heavy atom. The van der Waals surface area contributed by atoms with Crippen LogP contribution in [-0.4, -0.2) is 40.3 Å². The summed E-state index contributed by atoms with van der Waals surface area (Å²) in [6.07, 6.45) is 2.52. The van der Waals surface area contributed by atoms with E-state index in [1.807, 2.05) is 0 Å². The van der Waals surface area contributed by atoms with Crippen LogP contribution in [-0.2, 0) is 9.47 Å². The summed E-state index contributed by atoms with van der Waals surface area (Å²) in [6, 6.07) is 0. The van der Waals surface area contributed by atoms with Crippen LogP contribution in [0.4, 0.5) is 0 Å². The Bertz CT molecular complexity index is 653. The lowest BCUT2D eigenvalue weighted by atomic mass is 10.3. The Kier molecular flexibility index (Phi) is 3.66. The van der Waals surface area contributed by atoms with Crippen molar-refractivity contribution >= 4 is 29.2 Å². The van der Waals surface area contributed by atoms with Crippen LogP contribution in [0, 0.1) is 0 Å². The number of esters is 2. The summed E-state index contributed by atoms with van der Waals surface area (Å²) < 4.78 is 10.6. The van der Waals surface area contributed by atoms with Gasteiger partial charge in [0.1, 0.15) is 16.3 Å². The van der Waals surface area contributed by atoms with Gasteiger partial charge in [0.25, 0.3) is 0 Å². The lowest BCUT2D eigenvalue weighted by Gasteiger charge is -2.04. The van der Waals surface area contributed by atoms with E-state index in [2.05, 4.69) is 14.8 Å². The summed E-state index contributed by atoms with van der Waals surface area (Å²) in [7, 11) is 1.23. The number of ether oxygens (including phenoxy) is 2. The smallest absolute Gasteiger partial charge is 0.343 e. The van der Waals surface area contributed by atoms with E-state index in [-0.39, 0.29) is 28.5 Å². The molecule has 0 aliphatic carbocycles. The van der Waals surface area contributed by atoms with Crippen molar-refractivity contribution in [2.45, 2.75) is 6.92 Å². The van der Waals surface area contributed by atoms with Crippen molar-refractivity contribution in [2.24, 2.45) is 0 Å². The fourth-order valence-electron chi connectivity index (χ4n) is 1.50.